The smallest absolute Gasteiger partial charge is 0.308 e. The lowest BCUT2D eigenvalue weighted by atomic mass is 10.1. The highest BCUT2D eigenvalue weighted by Crippen LogP contribution is 2.21. The zero-order valence-electron chi connectivity index (χ0n) is 8.65. The molecule has 0 aliphatic carbocycles. The Morgan fingerprint density at radius 1 is 1.33 bits per heavy atom. The molecule has 0 amide bonds. The second-order valence-electron chi connectivity index (χ2n) is 3.40. The second kappa shape index (κ2) is 3.69. The molecule has 2 aromatic rings. The van der Waals surface area contributed by atoms with Gasteiger partial charge in [0.2, 0.25) is 0 Å². The van der Waals surface area contributed by atoms with Crippen LogP contribution >= 0.6 is 0 Å². The lowest BCUT2D eigenvalue weighted by Crippen LogP contribution is -2.01. The fourth-order valence-electron chi connectivity index (χ4n) is 1.49. The first-order valence-electron chi connectivity index (χ1n) is 4.70. The summed E-state index contributed by atoms with van der Waals surface area (Å²) in [5.41, 5.74) is 2.03. The summed E-state index contributed by atoms with van der Waals surface area (Å²) in [6.45, 7) is 3.39. The number of aromatic nitrogens is 1. The summed E-state index contributed by atoms with van der Waals surface area (Å²) in [6, 6.07) is 7.36. The van der Waals surface area contributed by atoms with E-state index in [1.165, 1.54) is 6.92 Å². The van der Waals surface area contributed by atoms with Crippen LogP contribution in [0, 0.1) is 6.92 Å². The van der Waals surface area contributed by atoms with Gasteiger partial charge in [-0.2, -0.15) is 0 Å². The summed E-state index contributed by atoms with van der Waals surface area (Å²) in [7, 11) is 0. The molecule has 0 aliphatic rings. The summed E-state index contributed by atoms with van der Waals surface area (Å²) < 4.78 is 5.01. The Labute approximate surface area is 87.7 Å². The Kier molecular flexibility index (Phi) is 2.37. The molecular formula is C12H11NO2. The number of ether oxygens (including phenoxy) is 1. The Balaban J connectivity index is 2.54. The third-order valence-electron chi connectivity index (χ3n) is 2.19. The van der Waals surface area contributed by atoms with Crippen LogP contribution in [0.1, 0.15) is 12.5 Å². The van der Waals surface area contributed by atoms with Gasteiger partial charge < -0.3 is 4.74 Å². The summed E-state index contributed by atoms with van der Waals surface area (Å²) >= 11 is 0. The number of carbonyl (C=O) groups excluding carboxylic acids is 1. The van der Waals surface area contributed by atoms with Crippen LogP contribution in [-0.4, -0.2) is 11.0 Å². The molecule has 0 aliphatic heterocycles. The maximum atomic E-state index is 10.8. The van der Waals surface area contributed by atoms with Gasteiger partial charge >= 0.3 is 5.97 Å². The van der Waals surface area contributed by atoms with Crippen LogP contribution in [0.15, 0.2) is 30.5 Å². The van der Waals surface area contributed by atoms with Crippen molar-refractivity contribution in [1.29, 1.82) is 0 Å². The van der Waals surface area contributed by atoms with Crippen LogP contribution in [-0.2, 0) is 4.79 Å². The Hall–Kier alpha value is -1.90. The van der Waals surface area contributed by atoms with Crippen molar-refractivity contribution in [2.75, 3.05) is 0 Å². The number of fused-ring (bicyclic) bond motifs is 1. The summed E-state index contributed by atoms with van der Waals surface area (Å²) in [5.74, 6) is 0.252. The van der Waals surface area contributed by atoms with Crippen molar-refractivity contribution in [3.05, 3.63) is 36.0 Å². The van der Waals surface area contributed by atoms with Gasteiger partial charge in [0.25, 0.3) is 0 Å². The monoisotopic (exact) mass is 201 g/mol. The topological polar surface area (TPSA) is 39.2 Å². The highest BCUT2D eigenvalue weighted by molar-refractivity contribution is 5.84. The molecule has 2 rings (SSSR count). The predicted molar refractivity (Wildman–Crippen MR) is 57.8 cm³/mol. The van der Waals surface area contributed by atoms with E-state index >= 15 is 0 Å². The van der Waals surface area contributed by atoms with Gasteiger partial charge in [0.15, 0.2) is 0 Å². The minimum atomic E-state index is -0.309. The van der Waals surface area contributed by atoms with Crippen LogP contribution in [0.2, 0.25) is 0 Å². The number of esters is 1. The molecule has 3 heteroatoms. The number of hydrogen-bond donors (Lipinski definition) is 0. The predicted octanol–water partition coefficient (Wildman–Crippen LogP) is 2.47. The molecule has 0 spiro atoms. The highest BCUT2D eigenvalue weighted by Gasteiger charge is 2.02. The van der Waals surface area contributed by atoms with Crippen LogP contribution in [0.3, 0.4) is 0 Å². The number of rotatable bonds is 1. The maximum absolute atomic E-state index is 10.8. The van der Waals surface area contributed by atoms with Gasteiger partial charge in [0, 0.05) is 18.5 Å². The van der Waals surface area contributed by atoms with Crippen molar-refractivity contribution < 1.29 is 9.53 Å². The highest BCUT2D eigenvalue weighted by atomic mass is 16.5. The number of benzene rings is 1. The Bertz CT molecular complexity index is 520. The maximum Gasteiger partial charge on any atom is 0.308 e. The molecular weight excluding hydrogens is 190 g/mol. The van der Waals surface area contributed by atoms with Crippen molar-refractivity contribution in [2.45, 2.75) is 13.8 Å². The van der Waals surface area contributed by atoms with Gasteiger partial charge in [0.05, 0.1) is 5.52 Å². The van der Waals surface area contributed by atoms with Crippen molar-refractivity contribution in [3.8, 4) is 5.75 Å². The molecule has 3 nitrogen and oxygen atoms in total. The number of hydrogen-bond acceptors (Lipinski definition) is 3. The number of carbonyl (C=O) groups is 1. The molecule has 0 saturated carbocycles. The fourth-order valence-corrected chi connectivity index (χ4v) is 1.49. The average Bonchev–Trinajstić information content (AvgIpc) is 2.18. The van der Waals surface area contributed by atoms with Crippen molar-refractivity contribution >= 4 is 16.9 Å². The normalized spacial score (nSPS) is 10.3. The zero-order chi connectivity index (χ0) is 10.8. The zero-order valence-corrected chi connectivity index (χ0v) is 8.65. The van der Waals surface area contributed by atoms with Crippen molar-refractivity contribution in [1.82, 2.24) is 4.98 Å². The number of aryl methyl sites for hydroxylation is 1. The SMILES string of the molecule is CC(=O)Oc1ccc2nccc(C)c2c1. The fraction of sp³-hybridized carbons (Fsp3) is 0.167. The van der Waals surface area contributed by atoms with Gasteiger partial charge in [-0.1, -0.05) is 0 Å². The molecule has 76 valence electrons. The van der Waals surface area contributed by atoms with E-state index < -0.39 is 0 Å². The first-order chi connectivity index (χ1) is 7.16. The average molecular weight is 201 g/mol. The first-order valence-corrected chi connectivity index (χ1v) is 4.70. The minimum Gasteiger partial charge on any atom is -0.427 e. The molecule has 1 aromatic carbocycles. The molecule has 0 bridgehead atoms. The van der Waals surface area contributed by atoms with E-state index in [1.54, 1.807) is 12.3 Å². The van der Waals surface area contributed by atoms with Crippen LogP contribution < -0.4 is 4.74 Å². The molecule has 1 aromatic heterocycles. The van der Waals surface area contributed by atoms with E-state index in [2.05, 4.69) is 4.98 Å². The lowest BCUT2D eigenvalue weighted by molar-refractivity contribution is -0.131. The standard InChI is InChI=1S/C12H11NO2/c1-8-5-6-13-12-4-3-10(7-11(8)12)15-9(2)14/h3-7H,1-2H3. The van der Waals surface area contributed by atoms with Gasteiger partial charge in [0.1, 0.15) is 5.75 Å². The van der Waals surface area contributed by atoms with E-state index in [-0.39, 0.29) is 5.97 Å². The quantitative estimate of drug-likeness (QED) is 0.525. The first kappa shape index (κ1) is 9.65. The van der Waals surface area contributed by atoms with Crippen molar-refractivity contribution in [3.63, 3.8) is 0 Å². The molecule has 1 heterocycles. The minimum absolute atomic E-state index is 0.309. The van der Waals surface area contributed by atoms with Gasteiger partial charge in [-0.25, -0.2) is 0 Å². The van der Waals surface area contributed by atoms with Gasteiger partial charge in [-0.15, -0.1) is 0 Å². The third-order valence-corrected chi connectivity index (χ3v) is 2.19. The van der Waals surface area contributed by atoms with E-state index in [0.717, 1.165) is 16.5 Å². The van der Waals surface area contributed by atoms with Crippen LogP contribution in [0.5, 0.6) is 5.75 Å². The molecule has 0 atom stereocenters. The summed E-state index contributed by atoms with van der Waals surface area (Å²) in [4.78, 5) is 15.0. The molecule has 0 unspecified atom stereocenters. The van der Waals surface area contributed by atoms with E-state index in [9.17, 15) is 4.79 Å². The van der Waals surface area contributed by atoms with Crippen LogP contribution in [0.25, 0.3) is 10.9 Å². The molecule has 0 radical (unpaired) electrons. The molecule has 0 saturated heterocycles. The second-order valence-corrected chi connectivity index (χ2v) is 3.40. The van der Waals surface area contributed by atoms with E-state index in [0.29, 0.717) is 5.75 Å². The molecule has 0 fully saturated rings. The Morgan fingerprint density at radius 3 is 2.87 bits per heavy atom. The number of pyridine rings is 1. The largest absolute Gasteiger partial charge is 0.427 e. The van der Waals surface area contributed by atoms with E-state index in [4.69, 9.17) is 4.74 Å². The lowest BCUT2D eigenvalue weighted by Gasteiger charge is -2.04. The number of nitrogens with zero attached hydrogens (tertiary/aromatic N) is 1. The third kappa shape index (κ3) is 1.96. The van der Waals surface area contributed by atoms with Crippen molar-refractivity contribution in [2.24, 2.45) is 0 Å². The Morgan fingerprint density at radius 2 is 2.13 bits per heavy atom. The van der Waals surface area contributed by atoms with E-state index in [1.807, 2.05) is 25.1 Å². The summed E-state index contributed by atoms with van der Waals surface area (Å²) in [6.07, 6.45) is 1.77. The van der Waals surface area contributed by atoms with Gasteiger partial charge in [-0.05, 0) is 36.8 Å². The molecule has 0 N–H and O–H groups in total. The van der Waals surface area contributed by atoms with Gasteiger partial charge in [-0.3, -0.25) is 9.78 Å². The summed E-state index contributed by atoms with van der Waals surface area (Å²) in [5, 5.41) is 1.01. The van der Waals surface area contributed by atoms with Crippen LogP contribution in [0.4, 0.5) is 0 Å². The molecule has 15 heavy (non-hydrogen) atoms.